The molecule has 2 N–H and O–H groups in total. The van der Waals surface area contributed by atoms with E-state index in [9.17, 15) is 0 Å². The van der Waals surface area contributed by atoms with Gasteiger partial charge in [0.15, 0.2) is 0 Å². The lowest BCUT2D eigenvalue weighted by atomic mass is 9.67. The molecule has 0 spiro atoms. The Kier molecular flexibility index (Phi) is 2.94. The third kappa shape index (κ3) is 1.77. The molecular formula is C15H22N2O. The molecule has 0 aromatic heterocycles. The smallest absolute Gasteiger partial charge is 0.142 e. The van der Waals surface area contributed by atoms with E-state index in [1.165, 1.54) is 18.5 Å². The van der Waals surface area contributed by atoms with Gasteiger partial charge in [0.25, 0.3) is 0 Å². The van der Waals surface area contributed by atoms with Crippen molar-refractivity contribution in [3.63, 3.8) is 0 Å². The monoisotopic (exact) mass is 246 g/mol. The van der Waals surface area contributed by atoms with Gasteiger partial charge in [-0.25, -0.2) is 0 Å². The van der Waals surface area contributed by atoms with E-state index < -0.39 is 0 Å². The summed E-state index contributed by atoms with van der Waals surface area (Å²) >= 11 is 0. The maximum Gasteiger partial charge on any atom is 0.142 e. The van der Waals surface area contributed by atoms with Gasteiger partial charge in [-0.3, -0.25) is 0 Å². The highest BCUT2D eigenvalue weighted by atomic mass is 16.5. The lowest BCUT2D eigenvalue weighted by Gasteiger charge is -2.54. The highest BCUT2D eigenvalue weighted by molar-refractivity contribution is 5.61. The van der Waals surface area contributed by atoms with Crippen molar-refractivity contribution in [1.82, 2.24) is 0 Å². The lowest BCUT2D eigenvalue weighted by molar-refractivity contribution is 0.157. The Bertz CT molecular complexity index is 426. The van der Waals surface area contributed by atoms with Crippen molar-refractivity contribution in [3.8, 4) is 5.75 Å². The number of benzene rings is 1. The van der Waals surface area contributed by atoms with Crippen molar-refractivity contribution in [3.05, 3.63) is 24.3 Å². The average Bonchev–Trinajstić information content (AvgIpc) is 2.57. The minimum Gasteiger partial charge on any atom is -0.491 e. The second kappa shape index (κ2) is 4.47. The fourth-order valence-electron chi connectivity index (χ4n) is 3.55. The molecule has 1 fully saturated rings. The zero-order valence-electron chi connectivity index (χ0n) is 11.1. The Morgan fingerprint density at radius 2 is 2.17 bits per heavy atom. The molecule has 0 saturated heterocycles. The second-order valence-electron chi connectivity index (χ2n) is 5.76. The van der Waals surface area contributed by atoms with E-state index in [0.29, 0.717) is 0 Å². The maximum absolute atomic E-state index is 6.09. The Labute approximate surface area is 109 Å². The van der Waals surface area contributed by atoms with Crippen LogP contribution >= 0.6 is 0 Å². The van der Waals surface area contributed by atoms with E-state index >= 15 is 0 Å². The molecule has 1 heterocycles. The third-order valence-corrected chi connectivity index (χ3v) is 4.35. The first-order valence-electron chi connectivity index (χ1n) is 6.95. The van der Waals surface area contributed by atoms with Gasteiger partial charge in [-0.05, 0) is 37.3 Å². The number of nitrogens with two attached hydrogens (primary N) is 1. The lowest BCUT2D eigenvalue weighted by Crippen LogP contribution is -2.61. The van der Waals surface area contributed by atoms with E-state index in [1.807, 2.05) is 6.07 Å². The SMILES string of the molecule is CC1CC(CN)(N2CCCOc3ccccc32)C1. The summed E-state index contributed by atoms with van der Waals surface area (Å²) < 4.78 is 5.83. The number of para-hydroxylation sites is 2. The van der Waals surface area contributed by atoms with E-state index in [1.54, 1.807) is 0 Å². The van der Waals surface area contributed by atoms with Crippen LogP contribution in [0.5, 0.6) is 5.75 Å². The van der Waals surface area contributed by atoms with Crippen LogP contribution in [0.25, 0.3) is 0 Å². The van der Waals surface area contributed by atoms with E-state index in [4.69, 9.17) is 10.5 Å². The van der Waals surface area contributed by atoms with Crippen LogP contribution in [0.1, 0.15) is 26.2 Å². The van der Waals surface area contributed by atoms with Crippen molar-refractivity contribution >= 4 is 5.69 Å². The summed E-state index contributed by atoms with van der Waals surface area (Å²) in [5.41, 5.74) is 7.49. The summed E-state index contributed by atoms with van der Waals surface area (Å²) in [6.07, 6.45) is 3.49. The van der Waals surface area contributed by atoms with Gasteiger partial charge in [0.2, 0.25) is 0 Å². The minimum absolute atomic E-state index is 0.170. The Balaban J connectivity index is 1.96. The molecule has 0 bridgehead atoms. The van der Waals surface area contributed by atoms with Crippen LogP contribution in [0.2, 0.25) is 0 Å². The molecule has 1 aromatic rings. The molecule has 1 saturated carbocycles. The molecule has 0 atom stereocenters. The Hall–Kier alpha value is -1.22. The predicted octanol–water partition coefficient (Wildman–Crippen LogP) is 2.40. The van der Waals surface area contributed by atoms with Crippen LogP contribution in [-0.4, -0.2) is 25.2 Å². The summed E-state index contributed by atoms with van der Waals surface area (Å²) in [5.74, 6) is 1.81. The summed E-state index contributed by atoms with van der Waals surface area (Å²) in [6, 6.07) is 8.37. The average molecular weight is 246 g/mol. The minimum atomic E-state index is 0.170. The molecule has 2 aliphatic rings. The molecule has 1 aliphatic carbocycles. The van der Waals surface area contributed by atoms with Crippen molar-refractivity contribution in [2.24, 2.45) is 11.7 Å². The molecule has 1 aliphatic heterocycles. The number of hydrogen-bond donors (Lipinski definition) is 1. The summed E-state index contributed by atoms with van der Waals surface area (Å²) in [5, 5.41) is 0. The first kappa shape index (κ1) is 11.8. The quantitative estimate of drug-likeness (QED) is 0.871. The van der Waals surface area contributed by atoms with Crippen LogP contribution in [0.15, 0.2) is 24.3 Å². The fourth-order valence-corrected chi connectivity index (χ4v) is 3.55. The molecule has 3 nitrogen and oxygen atoms in total. The molecule has 3 heteroatoms. The topological polar surface area (TPSA) is 38.5 Å². The first-order valence-corrected chi connectivity index (χ1v) is 6.95. The largest absolute Gasteiger partial charge is 0.491 e. The number of ether oxygens (including phenoxy) is 1. The van der Waals surface area contributed by atoms with Gasteiger partial charge in [-0.2, -0.15) is 0 Å². The zero-order chi connectivity index (χ0) is 12.6. The van der Waals surface area contributed by atoms with E-state index in [2.05, 4.69) is 30.0 Å². The van der Waals surface area contributed by atoms with Crippen LogP contribution < -0.4 is 15.4 Å². The molecule has 1 aromatic carbocycles. The molecule has 0 unspecified atom stereocenters. The molecule has 18 heavy (non-hydrogen) atoms. The normalized spacial score (nSPS) is 31.0. The van der Waals surface area contributed by atoms with Crippen molar-refractivity contribution in [2.45, 2.75) is 31.7 Å². The zero-order valence-corrected chi connectivity index (χ0v) is 11.1. The van der Waals surface area contributed by atoms with Gasteiger partial charge in [-0.1, -0.05) is 19.1 Å². The fraction of sp³-hybridized carbons (Fsp3) is 0.600. The summed E-state index contributed by atoms with van der Waals surface area (Å²) in [4.78, 5) is 2.51. The van der Waals surface area contributed by atoms with Crippen molar-refractivity contribution in [2.75, 3.05) is 24.6 Å². The van der Waals surface area contributed by atoms with Gasteiger partial charge in [0.1, 0.15) is 5.75 Å². The number of fused-ring (bicyclic) bond motifs is 1. The van der Waals surface area contributed by atoms with E-state index in [-0.39, 0.29) is 5.54 Å². The molecule has 0 amide bonds. The molecule has 3 rings (SSSR count). The van der Waals surface area contributed by atoms with Crippen LogP contribution in [-0.2, 0) is 0 Å². The molecule has 98 valence electrons. The van der Waals surface area contributed by atoms with Crippen LogP contribution in [0.3, 0.4) is 0 Å². The van der Waals surface area contributed by atoms with Gasteiger partial charge < -0.3 is 15.4 Å². The van der Waals surface area contributed by atoms with Crippen molar-refractivity contribution in [1.29, 1.82) is 0 Å². The maximum atomic E-state index is 6.09. The summed E-state index contributed by atoms with van der Waals surface area (Å²) in [6.45, 7) is 4.92. The van der Waals surface area contributed by atoms with Gasteiger partial charge in [-0.15, -0.1) is 0 Å². The van der Waals surface area contributed by atoms with Crippen LogP contribution in [0, 0.1) is 5.92 Å². The van der Waals surface area contributed by atoms with Crippen LogP contribution in [0.4, 0.5) is 5.69 Å². The highest BCUT2D eigenvalue weighted by Crippen LogP contribution is 2.46. The van der Waals surface area contributed by atoms with Crippen molar-refractivity contribution < 1.29 is 4.74 Å². The predicted molar refractivity (Wildman–Crippen MR) is 74.1 cm³/mol. The first-order chi connectivity index (χ1) is 8.75. The van der Waals surface area contributed by atoms with Gasteiger partial charge in [0.05, 0.1) is 17.8 Å². The number of hydrogen-bond acceptors (Lipinski definition) is 3. The van der Waals surface area contributed by atoms with E-state index in [0.717, 1.165) is 37.8 Å². The van der Waals surface area contributed by atoms with Gasteiger partial charge in [0, 0.05) is 13.1 Å². The number of anilines is 1. The number of rotatable bonds is 2. The third-order valence-electron chi connectivity index (χ3n) is 4.35. The number of nitrogens with zero attached hydrogens (tertiary/aromatic N) is 1. The molecule has 0 radical (unpaired) electrons. The highest BCUT2D eigenvalue weighted by Gasteiger charge is 2.46. The standard InChI is InChI=1S/C15H22N2O/c1-12-9-15(10-12,11-16)17-7-4-8-18-14-6-3-2-5-13(14)17/h2-3,5-6,12H,4,7-11,16H2,1H3. The van der Waals surface area contributed by atoms with Gasteiger partial charge >= 0.3 is 0 Å². The Morgan fingerprint density at radius 1 is 1.39 bits per heavy atom. The summed E-state index contributed by atoms with van der Waals surface area (Å²) in [7, 11) is 0. The second-order valence-corrected chi connectivity index (χ2v) is 5.76. The Morgan fingerprint density at radius 3 is 2.89 bits per heavy atom. The molecular weight excluding hydrogens is 224 g/mol.